The molecule has 2 aromatic carbocycles. The van der Waals surface area contributed by atoms with Gasteiger partial charge in [0.05, 0.1) is 31.1 Å². The molecule has 1 aliphatic rings. The van der Waals surface area contributed by atoms with Crippen molar-refractivity contribution in [3.63, 3.8) is 0 Å². The molecule has 1 heterocycles. The molecular formula is C20H22ClNO4S. The predicted octanol–water partition coefficient (Wildman–Crippen LogP) is 4.06. The predicted molar refractivity (Wildman–Crippen MR) is 108 cm³/mol. The molecule has 0 atom stereocenters. The molecule has 1 N–H and O–H groups in total. The number of carbonyl (C=O) groups excluding carboxylic acids is 1. The number of methoxy groups -OCH3 is 1. The maximum atomic E-state index is 12.1. The summed E-state index contributed by atoms with van der Waals surface area (Å²) in [6.45, 7) is 1.66. The third-order valence-electron chi connectivity index (χ3n) is 4.03. The van der Waals surface area contributed by atoms with Crippen LogP contribution in [-0.2, 0) is 17.1 Å². The number of para-hydroxylation sites is 1. The number of hydrogen-bond donors (Lipinski definition) is 1. The Morgan fingerprint density at radius 1 is 1.26 bits per heavy atom. The second-order valence-corrected chi connectivity index (χ2v) is 7.43. The number of halogens is 1. The van der Waals surface area contributed by atoms with Crippen molar-refractivity contribution in [2.75, 3.05) is 26.1 Å². The average Bonchev–Trinajstić information content (AvgIpc) is 2.92. The number of fused-ring (bicyclic) bond motifs is 1. The summed E-state index contributed by atoms with van der Waals surface area (Å²) in [6, 6.07) is 11.4. The molecule has 0 saturated carbocycles. The molecule has 7 heteroatoms. The van der Waals surface area contributed by atoms with Gasteiger partial charge in [-0.1, -0.05) is 29.8 Å². The monoisotopic (exact) mass is 407 g/mol. The van der Waals surface area contributed by atoms with Crippen LogP contribution in [0.3, 0.4) is 0 Å². The van der Waals surface area contributed by atoms with Gasteiger partial charge < -0.3 is 19.5 Å². The highest BCUT2D eigenvalue weighted by Crippen LogP contribution is 2.38. The Morgan fingerprint density at radius 3 is 2.93 bits per heavy atom. The molecule has 3 rings (SSSR count). The van der Waals surface area contributed by atoms with Gasteiger partial charge in [-0.15, -0.1) is 11.8 Å². The molecule has 2 aromatic rings. The SMILES string of the molecule is COc1ccccc1CNC(=O)CSCc1cc(Cl)c2c(c1)OCCCO2. The van der Waals surface area contributed by atoms with Crippen LogP contribution >= 0.6 is 23.4 Å². The molecule has 5 nitrogen and oxygen atoms in total. The molecule has 0 aromatic heterocycles. The first-order chi connectivity index (χ1) is 13.2. The number of thioether (sulfide) groups is 1. The lowest BCUT2D eigenvalue weighted by molar-refractivity contribution is -0.118. The van der Waals surface area contributed by atoms with Crippen LogP contribution in [0.25, 0.3) is 0 Å². The van der Waals surface area contributed by atoms with Gasteiger partial charge in [0.1, 0.15) is 5.75 Å². The number of carbonyl (C=O) groups is 1. The van der Waals surface area contributed by atoms with E-state index < -0.39 is 0 Å². The maximum Gasteiger partial charge on any atom is 0.230 e. The van der Waals surface area contributed by atoms with Crippen molar-refractivity contribution < 1.29 is 19.0 Å². The van der Waals surface area contributed by atoms with Crippen molar-refractivity contribution in [3.8, 4) is 17.2 Å². The van der Waals surface area contributed by atoms with E-state index in [2.05, 4.69) is 5.32 Å². The van der Waals surface area contributed by atoms with Gasteiger partial charge in [0.2, 0.25) is 5.91 Å². The van der Waals surface area contributed by atoms with E-state index >= 15 is 0 Å². The molecule has 144 valence electrons. The number of benzene rings is 2. The largest absolute Gasteiger partial charge is 0.496 e. The van der Waals surface area contributed by atoms with Crippen molar-refractivity contribution >= 4 is 29.3 Å². The Kier molecular flexibility index (Phi) is 7.12. The van der Waals surface area contributed by atoms with Crippen LogP contribution in [0.1, 0.15) is 17.5 Å². The number of rotatable bonds is 7. The van der Waals surface area contributed by atoms with Crippen LogP contribution in [0.15, 0.2) is 36.4 Å². The molecule has 1 amide bonds. The molecule has 0 radical (unpaired) electrons. The fraction of sp³-hybridized carbons (Fsp3) is 0.350. The van der Waals surface area contributed by atoms with E-state index in [4.69, 9.17) is 25.8 Å². The quantitative estimate of drug-likeness (QED) is 0.750. The van der Waals surface area contributed by atoms with E-state index in [0.29, 0.717) is 47.8 Å². The summed E-state index contributed by atoms with van der Waals surface area (Å²) in [6.07, 6.45) is 0.835. The van der Waals surface area contributed by atoms with E-state index in [0.717, 1.165) is 23.3 Å². The van der Waals surface area contributed by atoms with Gasteiger partial charge in [-0.2, -0.15) is 0 Å². The van der Waals surface area contributed by atoms with Crippen LogP contribution < -0.4 is 19.5 Å². The zero-order chi connectivity index (χ0) is 19.1. The minimum atomic E-state index is -0.0219. The minimum Gasteiger partial charge on any atom is -0.496 e. The molecule has 0 aliphatic carbocycles. The molecule has 0 unspecified atom stereocenters. The Labute approximate surface area is 168 Å². The summed E-state index contributed by atoms with van der Waals surface area (Å²) in [4.78, 5) is 12.1. The summed E-state index contributed by atoms with van der Waals surface area (Å²) in [7, 11) is 1.62. The van der Waals surface area contributed by atoms with Gasteiger partial charge in [0.15, 0.2) is 11.5 Å². The summed E-state index contributed by atoms with van der Waals surface area (Å²) >= 11 is 7.83. The Balaban J connectivity index is 1.49. The minimum absolute atomic E-state index is 0.0219. The molecule has 0 saturated heterocycles. The lowest BCUT2D eigenvalue weighted by Crippen LogP contribution is -2.24. The summed E-state index contributed by atoms with van der Waals surface area (Å²) < 4.78 is 16.6. The highest BCUT2D eigenvalue weighted by atomic mass is 35.5. The van der Waals surface area contributed by atoms with Crippen molar-refractivity contribution in [2.45, 2.75) is 18.7 Å². The van der Waals surface area contributed by atoms with Gasteiger partial charge in [-0.3, -0.25) is 4.79 Å². The zero-order valence-corrected chi connectivity index (χ0v) is 16.7. The standard InChI is InChI=1S/C20H22ClNO4S/c1-24-17-6-3-2-5-15(17)11-22-19(23)13-27-12-14-9-16(21)20-18(10-14)25-7-4-8-26-20/h2-3,5-6,9-10H,4,7-8,11-13H2,1H3,(H,22,23). The smallest absolute Gasteiger partial charge is 0.230 e. The summed E-state index contributed by atoms with van der Waals surface area (Å²) in [5.41, 5.74) is 1.96. The van der Waals surface area contributed by atoms with E-state index in [1.54, 1.807) is 7.11 Å². The van der Waals surface area contributed by atoms with Gasteiger partial charge in [-0.05, 0) is 23.8 Å². The van der Waals surface area contributed by atoms with Crippen molar-refractivity contribution in [1.82, 2.24) is 5.32 Å². The molecule has 27 heavy (non-hydrogen) atoms. The van der Waals surface area contributed by atoms with E-state index in [9.17, 15) is 4.79 Å². The second kappa shape index (κ2) is 9.76. The average molecular weight is 408 g/mol. The topological polar surface area (TPSA) is 56.8 Å². The number of ether oxygens (including phenoxy) is 3. The van der Waals surface area contributed by atoms with E-state index in [-0.39, 0.29) is 5.91 Å². The van der Waals surface area contributed by atoms with Gasteiger partial charge in [0.25, 0.3) is 0 Å². The Bertz CT molecular complexity index is 800. The fourth-order valence-corrected chi connectivity index (χ4v) is 3.80. The first-order valence-electron chi connectivity index (χ1n) is 8.71. The van der Waals surface area contributed by atoms with Crippen molar-refractivity contribution in [2.24, 2.45) is 0 Å². The third kappa shape index (κ3) is 5.47. The van der Waals surface area contributed by atoms with Crippen LogP contribution in [0, 0.1) is 0 Å². The highest BCUT2D eigenvalue weighted by Gasteiger charge is 2.15. The number of nitrogens with one attached hydrogen (secondary N) is 1. The summed E-state index contributed by atoms with van der Waals surface area (Å²) in [5, 5.41) is 3.47. The van der Waals surface area contributed by atoms with Crippen molar-refractivity contribution in [3.05, 3.63) is 52.5 Å². The van der Waals surface area contributed by atoms with Crippen LogP contribution in [-0.4, -0.2) is 32.0 Å². The molecule has 0 spiro atoms. The normalized spacial score (nSPS) is 13.0. The van der Waals surface area contributed by atoms with Crippen molar-refractivity contribution in [1.29, 1.82) is 0 Å². The zero-order valence-electron chi connectivity index (χ0n) is 15.1. The molecular weight excluding hydrogens is 386 g/mol. The maximum absolute atomic E-state index is 12.1. The van der Waals surface area contributed by atoms with E-state index in [1.807, 2.05) is 36.4 Å². The fourth-order valence-electron chi connectivity index (χ4n) is 2.72. The second-order valence-electron chi connectivity index (χ2n) is 6.04. The Hall–Kier alpha value is -2.05. The highest BCUT2D eigenvalue weighted by molar-refractivity contribution is 7.99. The lowest BCUT2D eigenvalue weighted by Gasteiger charge is -2.12. The third-order valence-corrected chi connectivity index (χ3v) is 5.32. The van der Waals surface area contributed by atoms with Crippen LogP contribution in [0.2, 0.25) is 5.02 Å². The van der Waals surface area contributed by atoms with Gasteiger partial charge in [-0.25, -0.2) is 0 Å². The molecule has 0 fully saturated rings. The van der Waals surface area contributed by atoms with Crippen LogP contribution in [0.5, 0.6) is 17.2 Å². The number of amides is 1. The molecule has 0 bridgehead atoms. The first-order valence-corrected chi connectivity index (χ1v) is 10.2. The first kappa shape index (κ1) is 19.7. The molecule has 1 aliphatic heterocycles. The number of hydrogen-bond acceptors (Lipinski definition) is 5. The lowest BCUT2D eigenvalue weighted by atomic mass is 10.2. The van der Waals surface area contributed by atoms with Crippen LogP contribution in [0.4, 0.5) is 0 Å². The Morgan fingerprint density at radius 2 is 2.07 bits per heavy atom. The van der Waals surface area contributed by atoms with Gasteiger partial charge >= 0.3 is 0 Å². The summed E-state index contributed by atoms with van der Waals surface area (Å²) in [5.74, 6) is 3.06. The van der Waals surface area contributed by atoms with E-state index in [1.165, 1.54) is 11.8 Å². The van der Waals surface area contributed by atoms with Gasteiger partial charge in [0, 0.05) is 24.3 Å².